The number of nitrogens with one attached hydrogen (secondary N) is 1. The van der Waals surface area contributed by atoms with E-state index in [1.165, 1.54) is 19.3 Å². The van der Waals surface area contributed by atoms with Gasteiger partial charge in [0.2, 0.25) is 0 Å². The number of hydrogen-bond acceptors (Lipinski definition) is 3. The quantitative estimate of drug-likeness (QED) is 0.844. The second-order valence-corrected chi connectivity index (χ2v) is 6.18. The molecule has 1 aromatic rings. The maximum absolute atomic E-state index is 4.39. The Bertz CT molecular complexity index is 370. The fourth-order valence-electron chi connectivity index (χ4n) is 2.37. The van der Waals surface area contributed by atoms with E-state index in [9.17, 15) is 0 Å². The highest BCUT2D eigenvalue weighted by atomic mass is 79.9. The minimum Gasteiger partial charge on any atom is -0.367 e. The fraction of sp³-hybridized carbons (Fsp3) is 0.667. The Morgan fingerprint density at radius 2 is 2.19 bits per heavy atom. The predicted octanol–water partition coefficient (Wildman–Crippen LogP) is 3.54. The van der Waals surface area contributed by atoms with E-state index in [2.05, 4.69) is 45.1 Å². The van der Waals surface area contributed by atoms with Crippen LogP contribution in [0.1, 0.15) is 38.9 Å². The van der Waals surface area contributed by atoms with E-state index in [-0.39, 0.29) is 0 Å². The molecule has 0 amide bonds. The predicted molar refractivity (Wildman–Crippen MR) is 69.5 cm³/mol. The largest absolute Gasteiger partial charge is 0.367 e. The zero-order valence-electron chi connectivity index (χ0n) is 10.0. The molecule has 16 heavy (non-hydrogen) atoms. The molecule has 0 aromatic carbocycles. The van der Waals surface area contributed by atoms with E-state index in [4.69, 9.17) is 0 Å². The van der Waals surface area contributed by atoms with Gasteiger partial charge in [-0.15, -0.1) is 0 Å². The normalized spacial score (nSPS) is 23.4. The number of hydrogen-bond donors (Lipinski definition) is 1. The summed E-state index contributed by atoms with van der Waals surface area (Å²) < 4.78 is 0.847. The van der Waals surface area contributed by atoms with E-state index in [1.807, 2.05) is 13.0 Å². The Hall–Kier alpha value is -0.640. The Morgan fingerprint density at radius 3 is 2.75 bits per heavy atom. The van der Waals surface area contributed by atoms with Crippen molar-refractivity contribution in [2.45, 2.75) is 46.1 Å². The van der Waals surface area contributed by atoms with E-state index in [1.54, 1.807) is 0 Å². The Balaban J connectivity index is 2.05. The molecule has 1 N–H and O–H groups in total. The Kier molecular flexibility index (Phi) is 3.19. The summed E-state index contributed by atoms with van der Waals surface area (Å²) in [7, 11) is 0. The molecule has 0 saturated heterocycles. The van der Waals surface area contributed by atoms with Gasteiger partial charge in [0.25, 0.3) is 0 Å². The standard InChI is InChI=1S/C12H18BrN3/c1-8-14-10(13)6-11(15-8)16-9-4-5-12(2,3)7-9/h6,9H,4-5,7H2,1-3H3,(H,14,15,16). The summed E-state index contributed by atoms with van der Waals surface area (Å²) >= 11 is 3.39. The molecule has 1 saturated carbocycles. The van der Waals surface area contributed by atoms with Crippen molar-refractivity contribution < 1.29 is 0 Å². The number of halogens is 1. The molecule has 1 aliphatic rings. The first-order valence-corrected chi connectivity index (χ1v) is 6.52. The van der Waals surface area contributed by atoms with Crippen molar-refractivity contribution in [1.29, 1.82) is 0 Å². The van der Waals surface area contributed by atoms with Crippen LogP contribution in [0.2, 0.25) is 0 Å². The molecule has 0 radical (unpaired) electrons. The highest BCUT2D eigenvalue weighted by Gasteiger charge is 2.30. The van der Waals surface area contributed by atoms with Gasteiger partial charge in [-0.05, 0) is 47.5 Å². The SMILES string of the molecule is Cc1nc(Br)cc(NC2CCC(C)(C)C2)n1. The molecule has 1 aromatic heterocycles. The van der Waals surface area contributed by atoms with Crippen molar-refractivity contribution in [3.05, 3.63) is 16.5 Å². The summed E-state index contributed by atoms with van der Waals surface area (Å²) in [5, 5.41) is 3.50. The average molecular weight is 284 g/mol. The first-order chi connectivity index (χ1) is 7.44. The molecular formula is C12H18BrN3. The smallest absolute Gasteiger partial charge is 0.131 e. The second-order valence-electron chi connectivity index (χ2n) is 5.37. The first-order valence-electron chi connectivity index (χ1n) is 5.72. The summed E-state index contributed by atoms with van der Waals surface area (Å²) in [6.07, 6.45) is 3.73. The van der Waals surface area contributed by atoms with Gasteiger partial charge in [0.15, 0.2) is 0 Å². The molecule has 1 aliphatic carbocycles. The zero-order valence-corrected chi connectivity index (χ0v) is 11.6. The van der Waals surface area contributed by atoms with Crippen molar-refractivity contribution >= 4 is 21.7 Å². The van der Waals surface area contributed by atoms with Crippen LogP contribution in [-0.2, 0) is 0 Å². The molecule has 1 atom stereocenters. The molecule has 1 unspecified atom stereocenters. The van der Waals surface area contributed by atoms with Crippen LogP contribution in [0.4, 0.5) is 5.82 Å². The van der Waals surface area contributed by atoms with Crippen molar-refractivity contribution in [3.8, 4) is 0 Å². The molecule has 4 heteroatoms. The lowest BCUT2D eigenvalue weighted by Crippen LogP contribution is -2.18. The van der Waals surface area contributed by atoms with Gasteiger partial charge >= 0.3 is 0 Å². The second kappa shape index (κ2) is 4.32. The molecule has 1 fully saturated rings. The topological polar surface area (TPSA) is 37.8 Å². The lowest BCUT2D eigenvalue weighted by molar-refractivity contribution is 0.378. The van der Waals surface area contributed by atoms with Gasteiger partial charge in [0, 0.05) is 12.1 Å². The van der Waals surface area contributed by atoms with Crippen molar-refractivity contribution in [2.75, 3.05) is 5.32 Å². The van der Waals surface area contributed by atoms with E-state index >= 15 is 0 Å². The highest BCUT2D eigenvalue weighted by molar-refractivity contribution is 9.10. The van der Waals surface area contributed by atoms with Gasteiger partial charge in [-0.25, -0.2) is 9.97 Å². The van der Waals surface area contributed by atoms with Crippen LogP contribution in [0.15, 0.2) is 10.7 Å². The molecular weight excluding hydrogens is 266 g/mol. The third-order valence-corrected chi connectivity index (χ3v) is 3.53. The van der Waals surface area contributed by atoms with E-state index < -0.39 is 0 Å². The molecule has 0 bridgehead atoms. The third-order valence-electron chi connectivity index (χ3n) is 3.13. The Labute approximate surface area is 105 Å². The van der Waals surface area contributed by atoms with Crippen LogP contribution in [0.25, 0.3) is 0 Å². The summed E-state index contributed by atoms with van der Waals surface area (Å²) in [6.45, 7) is 6.57. The van der Waals surface area contributed by atoms with Gasteiger partial charge < -0.3 is 5.32 Å². The summed E-state index contributed by atoms with van der Waals surface area (Å²) in [5.41, 5.74) is 0.469. The van der Waals surface area contributed by atoms with Crippen LogP contribution in [-0.4, -0.2) is 16.0 Å². The zero-order chi connectivity index (χ0) is 11.8. The van der Waals surface area contributed by atoms with Crippen LogP contribution in [0, 0.1) is 12.3 Å². The summed E-state index contributed by atoms with van der Waals surface area (Å²) in [4.78, 5) is 8.60. The summed E-state index contributed by atoms with van der Waals surface area (Å²) in [5.74, 6) is 1.73. The van der Waals surface area contributed by atoms with Crippen LogP contribution >= 0.6 is 15.9 Å². The number of aryl methyl sites for hydroxylation is 1. The maximum atomic E-state index is 4.39. The third kappa shape index (κ3) is 2.94. The van der Waals surface area contributed by atoms with Crippen LogP contribution < -0.4 is 5.32 Å². The number of anilines is 1. The minimum atomic E-state index is 0.469. The number of nitrogens with zero attached hydrogens (tertiary/aromatic N) is 2. The molecule has 2 rings (SSSR count). The molecule has 88 valence electrons. The first kappa shape index (κ1) is 11.8. The molecule has 0 spiro atoms. The lowest BCUT2D eigenvalue weighted by Gasteiger charge is -2.18. The van der Waals surface area contributed by atoms with Crippen molar-refractivity contribution in [2.24, 2.45) is 5.41 Å². The van der Waals surface area contributed by atoms with Crippen molar-refractivity contribution in [3.63, 3.8) is 0 Å². The van der Waals surface area contributed by atoms with Crippen LogP contribution in [0.5, 0.6) is 0 Å². The average Bonchev–Trinajstić information content (AvgIpc) is 2.43. The maximum Gasteiger partial charge on any atom is 0.131 e. The van der Waals surface area contributed by atoms with E-state index in [0.717, 1.165) is 16.2 Å². The fourth-order valence-corrected chi connectivity index (χ4v) is 2.85. The summed E-state index contributed by atoms with van der Waals surface area (Å²) in [6, 6.07) is 2.49. The van der Waals surface area contributed by atoms with Gasteiger partial charge in [-0.3, -0.25) is 0 Å². The molecule has 1 heterocycles. The number of aromatic nitrogens is 2. The minimum absolute atomic E-state index is 0.469. The van der Waals surface area contributed by atoms with Gasteiger partial charge in [-0.2, -0.15) is 0 Å². The Morgan fingerprint density at radius 1 is 1.44 bits per heavy atom. The molecule has 3 nitrogen and oxygen atoms in total. The van der Waals surface area contributed by atoms with Gasteiger partial charge in [-0.1, -0.05) is 13.8 Å². The van der Waals surface area contributed by atoms with Gasteiger partial charge in [0.1, 0.15) is 16.2 Å². The van der Waals surface area contributed by atoms with Crippen LogP contribution in [0.3, 0.4) is 0 Å². The van der Waals surface area contributed by atoms with E-state index in [0.29, 0.717) is 11.5 Å². The van der Waals surface area contributed by atoms with Crippen molar-refractivity contribution in [1.82, 2.24) is 9.97 Å². The monoisotopic (exact) mass is 283 g/mol. The number of rotatable bonds is 2. The van der Waals surface area contributed by atoms with Gasteiger partial charge in [0.05, 0.1) is 0 Å². The molecule has 0 aliphatic heterocycles. The lowest BCUT2D eigenvalue weighted by atomic mass is 9.92. The highest BCUT2D eigenvalue weighted by Crippen LogP contribution is 2.38.